The average Bonchev–Trinajstić information content (AvgIpc) is 2.35. The lowest BCUT2D eigenvalue weighted by Gasteiger charge is -2.16. The van der Waals surface area contributed by atoms with Crippen LogP contribution in [0.4, 0.5) is 5.82 Å². The molecule has 1 atom stereocenters. The first-order valence-corrected chi connectivity index (χ1v) is 5.92. The van der Waals surface area contributed by atoms with Crippen molar-refractivity contribution in [3.05, 3.63) is 53.5 Å². The van der Waals surface area contributed by atoms with Crippen molar-refractivity contribution in [3.8, 4) is 0 Å². The van der Waals surface area contributed by atoms with Gasteiger partial charge in [0.05, 0.1) is 0 Å². The minimum Gasteiger partial charge on any atom is -0.479 e. The van der Waals surface area contributed by atoms with Crippen LogP contribution in [0.2, 0.25) is 0 Å². The summed E-state index contributed by atoms with van der Waals surface area (Å²) in [4.78, 5) is 19.5. The van der Waals surface area contributed by atoms with E-state index in [2.05, 4.69) is 15.3 Å². The van der Waals surface area contributed by atoms with Gasteiger partial charge < -0.3 is 10.4 Å². The zero-order chi connectivity index (χ0) is 13.8. The van der Waals surface area contributed by atoms with E-state index in [9.17, 15) is 9.90 Å². The van der Waals surface area contributed by atoms with Crippen LogP contribution in [-0.4, -0.2) is 21.0 Å². The molecule has 5 heteroatoms. The van der Waals surface area contributed by atoms with Crippen LogP contribution in [0.5, 0.6) is 0 Å². The number of aliphatic carboxylic acids is 1. The summed E-state index contributed by atoms with van der Waals surface area (Å²) >= 11 is 0. The van der Waals surface area contributed by atoms with Crippen molar-refractivity contribution in [1.82, 2.24) is 9.97 Å². The molecule has 1 unspecified atom stereocenters. The van der Waals surface area contributed by atoms with Crippen LogP contribution in [0.25, 0.3) is 0 Å². The first-order valence-electron chi connectivity index (χ1n) is 5.92. The summed E-state index contributed by atoms with van der Waals surface area (Å²) in [6.07, 6.45) is 1.60. The van der Waals surface area contributed by atoms with E-state index in [1.54, 1.807) is 25.3 Å². The molecular formula is C14H15N3O2. The Morgan fingerprint density at radius 1 is 1.32 bits per heavy atom. The molecule has 1 aromatic heterocycles. The maximum atomic E-state index is 11.4. The van der Waals surface area contributed by atoms with Crippen LogP contribution < -0.4 is 5.32 Å². The molecule has 2 aromatic rings. The summed E-state index contributed by atoms with van der Waals surface area (Å²) in [5, 5.41) is 12.3. The predicted molar refractivity (Wildman–Crippen MR) is 71.9 cm³/mol. The van der Waals surface area contributed by atoms with E-state index in [0.29, 0.717) is 17.2 Å². The molecule has 0 amide bonds. The predicted octanol–water partition coefficient (Wildman–Crippen LogP) is 2.33. The average molecular weight is 257 g/mol. The molecule has 0 fully saturated rings. The van der Waals surface area contributed by atoms with Crippen LogP contribution in [0, 0.1) is 13.8 Å². The van der Waals surface area contributed by atoms with Crippen molar-refractivity contribution in [2.24, 2.45) is 0 Å². The highest BCUT2D eigenvalue weighted by atomic mass is 16.4. The summed E-state index contributed by atoms with van der Waals surface area (Å²) in [5.74, 6) is 0.154. The van der Waals surface area contributed by atoms with Gasteiger partial charge in [-0.25, -0.2) is 14.8 Å². The lowest BCUT2D eigenvalue weighted by Crippen LogP contribution is -2.21. The molecule has 1 heterocycles. The van der Waals surface area contributed by atoms with Gasteiger partial charge in [-0.15, -0.1) is 0 Å². The molecule has 0 aliphatic heterocycles. The van der Waals surface area contributed by atoms with Gasteiger partial charge in [0.15, 0.2) is 6.04 Å². The normalized spacial score (nSPS) is 11.9. The maximum Gasteiger partial charge on any atom is 0.330 e. The summed E-state index contributed by atoms with van der Waals surface area (Å²) < 4.78 is 0. The van der Waals surface area contributed by atoms with Crippen LogP contribution in [0.15, 0.2) is 36.5 Å². The van der Waals surface area contributed by atoms with Gasteiger partial charge in [-0.2, -0.15) is 0 Å². The molecule has 0 saturated carbocycles. The van der Waals surface area contributed by atoms with E-state index in [-0.39, 0.29) is 0 Å². The van der Waals surface area contributed by atoms with Gasteiger partial charge in [0.1, 0.15) is 11.6 Å². The summed E-state index contributed by atoms with van der Waals surface area (Å²) in [6.45, 7) is 3.69. The number of aryl methyl sites for hydroxylation is 2. The lowest BCUT2D eigenvalue weighted by atomic mass is 10.0. The third kappa shape index (κ3) is 3.28. The quantitative estimate of drug-likeness (QED) is 0.879. The number of carbonyl (C=O) groups is 1. The molecule has 5 nitrogen and oxygen atoms in total. The fourth-order valence-electron chi connectivity index (χ4n) is 1.82. The Hall–Kier alpha value is -2.43. The van der Waals surface area contributed by atoms with Crippen molar-refractivity contribution in [3.63, 3.8) is 0 Å². The van der Waals surface area contributed by atoms with Crippen LogP contribution in [0.1, 0.15) is 23.0 Å². The molecule has 2 rings (SSSR count). The van der Waals surface area contributed by atoms with Crippen molar-refractivity contribution in [1.29, 1.82) is 0 Å². The second-order valence-electron chi connectivity index (χ2n) is 4.32. The van der Waals surface area contributed by atoms with Gasteiger partial charge >= 0.3 is 5.97 Å². The number of anilines is 1. The molecule has 0 bridgehead atoms. The zero-order valence-corrected chi connectivity index (χ0v) is 10.8. The van der Waals surface area contributed by atoms with Crippen LogP contribution in [0.3, 0.4) is 0 Å². The van der Waals surface area contributed by atoms with E-state index < -0.39 is 12.0 Å². The second-order valence-corrected chi connectivity index (χ2v) is 4.32. The lowest BCUT2D eigenvalue weighted by molar-refractivity contribution is -0.138. The fourth-order valence-corrected chi connectivity index (χ4v) is 1.82. The van der Waals surface area contributed by atoms with E-state index >= 15 is 0 Å². The Labute approximate surface area is 111 Å². The largest absolute Gasteiger partial charge is 0.479 e. The smallest absolute Gasteiger partial charge is 0.330 e. The third-order valence-electron chi connectivity index (χ3n) is 2.69. The Balaban J connectivity index is 2.29. The third-order valence-corrected chi connectivity index (χ3v) is 2.69. The first-order chi connectivity index (χ1) is 9.06. The Bertz CT molecular complexity index is 599. The van der Waals surface area contributed by atoms with Crippen LogP contribution >= 0.6 is 0 Å². The van der Waals surface area contributed by atoms with Gasteiger partial charge in [-0.05, 0) is 25.5 Å². The number of hydrogen-bond acceptors (Lipinski definition) is 4. The zero-order valence-electron chi connectivity index (χ0n) is 10.8. The van der Waals surface area contributed by atoms with E-state index in [1.807, 2.05) is 25.1 Å². The van der Waals surface area contributed by atoms with Crippen LogP contribution in [-0.2, 0) is 4.79 Å². The van der Waals surface area contributed by atoms with E-state index in [0.717, 1.165) is 5.56 Å². The number of nitrogens with zero attached hydrogens (tertiary/aromatic N) is 2. The molecule has 0 spiro atoms. The summed E-state index contributed by atoms with van der Waals surface area (Å²) in [5.41, 5.74) is 1.72. The topological polar surface area (TPSA) is 75.1 Å². The van der Waals surface area contributed by atoms with Gasteiger partial charge in [0.25, 0.3) is 0 Å². The summed E-state index contributed by atoms with van der Waals surface area (Å²) in [7, 11) is 0. The van der Waals surface area contributed by atoms with Crippen molar-refractivity contribution >= 4 is 11.8 Å². The maximum absolute atomic E-state index is 11.4. The van der Waals surface area contributed by atoms with Gasteiger partial charge in [-0.1, -0.05) is 29.8 Å². The Morgan fingerprint density at radius 3 is 2.74 bits per heavy atom. The first kappa shape index (κ1) is 13.0. The SMILES string of the molecule is Cc1cccc(C(Nc2ccnc(C)n2)C(=O)O)c1. The number of carboxylic acids is 1. The molecule has 98 valence electrons. The monoisotopic (exact) mass is 257 g/mol. The van der Waals surface area contributed by atoms with Gasteiger partial charge in [0.2, 0.25) is 0 Å². The van der Waals surface area contributed by atoms with Gasteiger partial charge in [-0.3, -0.25) is 0 Å². The summed E-state index contributed by atoms with van der Waals surface area (Å²) in [6, 6.07) is 8.23. The molecule has 2 N–H and O–H groups in total. The molecule has 19 heavy (non-hydrogen) atoms. The van der Waals surface area contributed by atoms with E-state index in [4.69, 9.17) is 0 Å². The molecule has 0 saturated heterocycles. The van der Waals surface area contributed by atoms with Gasteiger partial charge in [0, 0.05) is 6.20 Å². The standard InChI is InChI=1S/C14H15N3O2/c1-9-4-3-5-11(8-9)13(14(18)19)17-12-6-7-15-10(2)16-12/h3-8,13H,1-2H3,(H,18,19)(H,15,16,17). The molecule has 0 aliphatic carbocycles. The van der Waals surface area contributed by atoms with Crippen molar-refractivity contribution in [2.75, 3.05) is 5.32 Å². The minimum atomic E-state index is -0.943. The molecular weight excluding hydrogens is 242 g/mol. The van der Waals surface area contributed by atoms with Crippen molar-refractivity contribution in [2.45, 2.75) is 19.9 Å². The molecule has 0 aliphatic rings. The van der Waals surface area contributed by atoms with Crippen molar-refractivity contribution < 1.29 is 9.90 Å². The highest BCUT2D eigenvalue weighted by Gasteiger charge is 2.20. The number of aromatic nitrogens is 2. The molecule has 1 aromatic carbocycles. The number of hydrogen-bond donors (Lipinski definition) is 2. The highest BCUT2D eigenvalue weighted by molar-refractivity contribution is 5.78. The highest BCUT2D eigenvalue weighted by Crippen LogP contribution is 2.19. The Morgan fingerprint density at radius 2 is 2.11 bits per heavy atom. The fraction of sp³-hybridized carbons (Fsp3) is 0.214. The second kappa shape index (κ2) is 5.48. The van der Waals surface area contributed by atoms with E-state index in [1.165, 1.54) is 0 Å². The minimum absolute atomic E-state index is 0.501. The Kier molecular flexibility index (Phi) is 3.75. The number of rotatable bonds is 4. The number of nitrogens with one attached hydrogen (secondary N) is 1. The number of carboxylic acid groups (broad SMARTS) is 1. The molecule has 0 radical (unpaired) electrons. The number of benzene rings is 1.